The molecule has 0 saturated carbocycles. The van der Waals surface area contributed by atoms with E-state index >= 15 is 0 Å². The van der Waals surface area contributed by atoms with Crippen molar-refractivity contribution in [2.24, 2.45) is 7.05 Å². The molecule has 0 fully saturated rings. The monoisotopic (exact) mass is 517 g/mol. The van der Waals surface area contributed by atoms with E-state index in [0.717, 1.165) is 16.1 Å². The van der Waals surface area contributed by atoms with Crippen LogP contribution in [-0.2, 0) is 24.1 Å². The smallest absolute Gasteiger partial charge is 0.340 e. The maximum absolute atomic E-state index is 13.6. The predicted molar refractivity (Wildman–Crippen MR) is 126 cm³/mol. The van der Waals surface area contributed by atoms with Gasteiger partial charge in [-0.05, 0) is 47.1 Å². The van der Waals surface area contributed by atoms with E-state index in [4.69, 9.17) is 4.74 Å². The van der Waals surface area contributed by atoms with E-state index in [1.54, 1.807) is 37.8 Å². The minimum Gasteiger partial charge on any atom is -0.506 e. The zero-order chi connectivity index (χ0) is 22.8. The summed E-state index contributed by atoms with van der Waals surface area (Å²) in [5.41, 5.74) is 2.51. The van der Waals surface area contributed by atoms with Crippen molar-refractivity contribution in [3.05, 3.63) is 76.2 Å². The number of aromatic hydroxyl groups is 1. The van der Waals surface area contributed by atoms with Gasteiger partial charge in [0.05, 0.1) is 35.0 Å². The normalized spacial score (nSPS) is 11.2. The summed E-state index contributed by atoms with van der Waals surface area (Å²) < 4.78 is 23.3. The number of carbonyl (C=O) groups is 1. The summed E-state index contributed by atoms with van der Waals surface area (Å²) in [7, 11) is 1.87. The fourth-order valence-electron chi connectivity index (χ4n) is 3.70. The van der Waals surface area contributed by atoms with Crippen molar-refractivity contribution in [2.45, 2.75) is 24.1 Å². The summed E-state index contributed by atoms with van der Waals surface area (Å²) in [6.45, 7) is 2.31. The van der Waals surface area contributed by atoms with Crippen molar-refractivity contribution in [1.82, 2.24) is 14.1 Å². The minimum absolute atomic E-state index is 0.0617. The number of carbonyl (C=O) groups excluding carboxylic acids is 1. The van der Waals surface area contributed by atoms with Gasteiger partial charge in [0.2, 0.25) is 0 Å². The SMILES string of the molecule is CCOC(=O)c1c(CSc2cccc(F)c2)n(C)c2cc(Br)c(O)c(Cn3ccnc3)c12. The second kappa shape index (κ2) is 9.38. The van der Waals surface area contributed by atoms with Crippen LogP contribution in [0.3, 0.4) is 0 Å². The first-order valence-corrected chi connectivity index (χ1v) is 11.7. The van der Waals surface area contributed by atoms with Crippen molar-refractivity contribution >= 4 is 44.6 Å². The number of rotatable bonds is 7. The molecular weight excluding hydrogens is 497 g/mol. The number of aryl methyl sites for hydroxylation is 1. The minimum atomic E-state index is -0.457. The Balaban J connectivity index is 1.89. The molecule has 0 unspecified atom stereocenters. The van der Waals surface area contributed by atoms with E-state index in [2.05, 4.69) is 20.9 Å². The lowest BCUT2D eigenvalue weighted by atomic mass is 10.0. The third kappa shape index (κ3) is 4.27. The molecule has 9 heteroatoms. The molecule has 0 atom stereocenters. The number of imidazole rings is 1. The molecule has 6 nitrogen and oxygen atoms in total. The number of aromatic nitrogens is 3. The predicted octanol–water partition coefficient (Wildman–Crippen LogP) is 5.50. The van der Waals surface area contributed by atoms with Gasteiger partial charge in [0.1, 0.15) is 11.6 Å². The molecule has 1 N–H and O–H groups in total. The zero-order valence-corrected chi connectivity index (χ0v) is 19.9. The number of thioether (sulfide) groups is 1. The molecule has 166 valence electrons. The van der Waals surface area contributed by atoms with Crippen LogP contribution in [0.15, 0.2) is 58.4 Å². The second-order valence-electron chi connectivity index (χ2n) is 7.16. The van der Waals surface area contributed by atoms with Gasteiger partial charge in [-0.15, -0.1) is 11.8 Å². The number of esters is 1. The van der Waals surface area contributed by atoms with Gasteiger partial charge in [0, 0.05) is 46.7 Å². The Kier molecular flexibility index (Phi) is 6.57. The number of ether oxygens (including phenoxy) is 1. The number of benzene rings is 2. The summed E-state index contributed by atoms with van der Waals surface area (Å²) in [5.74, 6) is -0.284. The molecule has 4 rings (SSSR count). The molecule has 0 aliphatic rings. The standard InChI is InChI=1S/C23H21BrFN3O3S/c1-3-31-23(30)21-19(12-32-15-6-4-5-14(25)9-15)27(2)18-10-17(24)22(29)16(20(18)21)11-28-8-7-26-13-28/h4-10,13,29H,3,11-12H2,1-2H3. The molecule has 0 saturated heterocycles. The summed E-state index contributed by atoms with van der Waals surface area (Å²) in [4.78, 5) is 17.9. The Morgan fingerprint density at radius 2 is 2.16 bits per heavy atom. The van der Waals surface area contributed by atoms with Gasteiger partial charge < -0.3 is 19.0 Å². The largest absolute Gasteiger partial charge is 0.506 e. The average Bonchev–Trinajstić information content (AvgIpc) is 3.36. The maximum atomic E-state index is 13.6. The third-order valence-electron chi connectivity index (χ3n) is 5.19. The van der Waals surface area contributed by atoms with Crippen molar-refractivity contribution in [1.29, 1.82) is 0 Å². The lowest BCUT2D eigenvalue weighted by Gasteiger charge is -2.11. The van der Waals surface area contributed by atoms with E-state index in [0.29, 0.717) is 33.3 Å². The maximum Gasteiger partial charge on any atom is 0.340 e. The average molecular weight is 518 g/mol. The van der Waals surface area contributed by atoms with Crippen LogP contribution in [0.1, 0.15) is 28.5 Å². The van der Waals surface area contributed by atoms with Crippen molar-refractivity contribution in [3.8, 4) is 5.75 Å². The summed E-state index contributed by atoms with van der Waals surface area (Å²) >= 11 is 4.87. The molecule has 0 aliphatic heterocycles. The van der Waals surface area contributed by atoms with Crippen molar-refractivity contribution < 1.29 is 19.0 Å². The molecule has 32 heavy (non-hydrogen) atoms. The van der Waals surface area contributed by atoms with Crippen LogP contribution in [0.4, 0.5) is 4.39 Å². The first kappa shape index (κ1) is 22.4. The first-order chi connectivity index (χ1) is 15.4. The lowest BCUT2D eigenvalue weighted by Crippen LogP contribution is -2.09. The number of hydrogen-bond acceptors (Lipinski definition) is 5. The molecule has 0 radical (unpaired) electrons. The number of hydrogen-bond donors (Lipinski definition) is 1. The van der Waals surface area contributed by atoms with Crippen LogP contribution in [0.5, 0.6) is 5.75 Å². The molecular formula is C23H21BrFN3O3S. The van der Waals surface area contributed by atoms with E-state index < -0.39 is 5.97 Å². The van der Waals surface area contributed by atoms with E-state index in [1.807, 2.05) is 22.2 Å². The van der Waals surface area contributed by atoms with Gasteiger partial charge >= 0.3 is 5.97 Å². The molecule has 2 aromatic carbocycles. The highest BCUT2D eigenvalue weighted by Crippen LogP contribution is 2.41. The van der Waals surface area contributed by atoms with Gasteiger partial charge in [0.15, 0.2) is 0 Å². The highest BCUT2D eigenvalue weighted by Gasteiger charge is 2.27. The molecule has 4 aromatic rings. The van der Waals surface area contributed by atoms with E-state index in [9.17, 15) is 14.3 Å². The lowest BCUT2D eigenvalue weighted by molar-refractivity contribution is 0.0527. The van der Waals surface area contributed by atoms with Crippen molar-refractivity contribution in [3.63, 3.8) is 0 Å². The van der Waals surface area contributed by atoms with Crippen LogP contribution >= 0.6 is 27.7 Å². The Morgan fingerprint density at radius 1 is 1.34 bits per heavy atom. The Labute approximate surface area is 197 Å². The number of halogens is 2. The molecule has 0 spiro atoms. The van der Waals surface area contributed by atoms with Gasteiger partial charge in [-0.25, -0.2) is 14.2 Å². The van der Waals surface area contributed by atoms with Gasteiger partial charge in [-0.1, -0.05) is 6.07 Å². The van der Waals surface area contributed by atoms with E-state index in [-0.39, 0.29) is 18.2 Å². The summed E-state index contributed by atoms with van der Waals surface area (Å²) in [5, 5.41) is 11.5. The topological polar surface area (TPSA) is 69.3 Å². The van der Waals surface area contributed by atoms with E-state index in [1.165, 1.54) is 23.9 Å². The number of phenols is 1. The van der Waals surface area contributed by atoms with Crippen LogP contribution in [0.2, 0.25) is 0 Å². The van der Waals surface area contributed by atoms with Crippen LogP contribution in [-0.4, -0.2) is 31.8 Å². The van der Waals surface area contributed by atoms with Crippen molar-refractivity contribution in [2.75, 3.05) is 6.61 Å². The molecule has 0 amide bonds. The van der Waals surface area contributed by atoms with Gasteiger partial charge in [-0.3, -0.25) is 0 Å². The number of fused-ring (bicyclic) bond motifs is 1. The Bertz CT molecular complexity index is 1290. The molecule has 0 aliphatic carbocycles. The Morgan fingerprint density at radius 3 is 2.84 bits per heavy atom. The fourth-order valence-corrected chi connectivity index (χ4v) is 5.16. The zero-order valence-electron chi connectivity index (χ0n) is 17.5. The third-order valence-corrected chi connectivity index (χ3v) is 6.80. The highest BCUT2D eigenvalue weighted by molar-refractivity contribution is 9.10. The van der Waals surface area contributed by atoms with Crippen LogP contribution in [0, 0.1) is 5.82 Å². The summed E-state index contributed by atoms with van der Waals surface area (Å²) in [6, 6.07) is 8.14. The van der Waals surface area contributed by atoms with Crippen LogP contribution in [0.25, 0.3) is 10.9 Å². The quantitative estimate of drug-likeness (QED) is 0.259. The molecule has 2 aromatic heterocycles. The second-order valence-corrected chi connectivity index (χ2v) is 9.07. The van der Waals surface area contributed by atoms with Crippen LogP contribution < -0.4 is 0 Å². The number of nitrogens with zero attached hydrogens (tertiary/aromatic N) is 3. The fraction of sp³-hybridized carbons (Fsp3) is 0.217. The highest BCUT2D eigenvalue weighted by atomic mass is 79.9. The number of phenolic OH excluding ortho intramolecular Hbond substituents is 1. The summed E-state index contributed by atoms with van der Waals surface area (Å²) in [6.07, 6.45) is 5.10. The van der Waals surface area contributed by atoms with Gasteiger partial charge in [0.25, 0.3) is 0 Å². The Hall–Kier alpha value is -2.78. The molecule has 2 heterocycles. The van der Waals surface area contributed by atoms with Gasteiger partial charge in [-0.2, -0.15) is 0 Å². The molecule has 0 bridgehead atoms. The first-order valence-electron chi connectivity index (χ1n) is 9.93.